The molecular weight excluding hydrogens is 230 g/mol. The van der Waals surface area contributed by atoms with E-state index in [1.165, 1.54) is 16.7 Å². The minimum Gasteiger partial charge on any atom is -0.314 e. The maximum Gasteiger partial charge on any atom is 0.127 e. The fourth-order valence-electron chi connectivity index (χ4n) is 1.94. The first-order valence-electron chi connectivity index (χ1n) is 6.14. The van der Waals surface area contributed by atoms with Gasteiger partial charge in [-0.25, -0.2) is 9.97 Å². The van der Waals surface area contributed by atoms with Crippen molar-refractivity contribution in [1.29, 1.82) is 0 Å². The van der Waals surface area contributed by atoms with Gasteiger partial charge in [-0.3, -0.25) is 0 Å². The highest BCUT2D eigenvalue weighted by Crippen LogP contribution is 2.25. The molecule has 2 aromatic heterocycles. The first-order valence-corrected chi connectivity index (χ1v) is 6.95. The molecule has 0 saturated heterocycles. The molecule has 0 saturated carbocycles. The summed E-state index contributed by atoms with van der Waals surface area (Å²) < 4.78 is 0. The summed E-state index contributed by atoms with van der Waals surface area (Å²) in [7, 11) is 0. The Morgan fingerprint density at radius 1 is 1.41 bits per heavy atom. The van der Waals surface area contributed by atoms with Crippen LogP contribution in [0.15, 0.2) is 12.4 Å². The molecule has 0 fully saturated rings. The number of fused-ring (bicyclic) bond motifs is 1. The normalized spacial score (nSPS) is 13.1. The third-order valence-corrected chi connectivity index (χ3v) is 3.74. The van der Waals surface area contributed by atoms with Crippen molar-refractivity contribution in [3.8, 4) is 0 Å². The van der Waals surface area contributed by atoms with E-state index in [0.717, 1.165) is 23.5 Å². The molecule has 0 aliphatic carbocycles. The lowest BCUT2D eigenvalue weighted by atomic mass is 10.1. The molecule has 2 aromatic rings. The second-order valence-electron chi connectivity index (χ2n) is 4.46. The average Bonchev–Trinajstić information content (AvgIpc) is 2.68. The first-order chi connectivity index (χ1) is 8.20. The van der Waals surface area contributed by atoms with Gasteiger partial charge in [-0.15, -0.1) is 11.3 Å². The molecule has 0 spiro atoms. The van der Waals surface area contributed by atoms with Gasteiger partial charge < -0.3 is 5.32 Å². The molecule has 0 amide bonds. The van der Waals surface area contributed by atoms with E-state index in [4.69, 9.17) is 0 Å². The van der Waals surface area contributed by atoms with Gasteiger partial charge in [-0.1, -0.05) is 6.92 Å². The van der Waals surface area contributed by atoms with Crippen molar-refractivity contribution in [2.24, 2.45) is 0 Å². The van der Waals surface area contributed by atoms with Gasteiger partial charge in [-0.05, 0) is 32.9 Å². The molecule has 1 atom stereocenters. The molecule has 0 bridgehead atoms. The second-order valence-corrected chi connectivity index (χ2v) is 5.69. The minimum atomic E-state index is 0.466. The van der Waals surface area contributed by atoms with Gasteiger partial charge in [0, 0.05) is 22.7 Å². The summed E-state index contributed by atoms with van der Waals surface area (Å²) in [5.41, 5.74) is 1.16. The largest absolute Gasteiger partial charge is 0.314 e. The number of aromatic nitrogens is 2. The van der Waals surface area contributed by atoms with Crippen LogP contribution in [0.4, 0.5) is 0 Å². The van der Waals surface area contributed by atoms with E-state index in [2.05, 4.69) is 42.1 Å². The molecule has 1 unspecified atom stereocenters. The van der Waals surface area contributed by atoms with Gasteiger partial charge in [0.1, 0.15) is 11.2 Å². The molecule has 92 valence electrons. The zero-order valence-corrected chi connectivity index (χ0v) is 11.5. The van der Waals surface area contributed by atoms with Gasteiger partial charge in [0.05, 0.1) is 5.69 Å². The van der Waals surface area contributed by atoms with Crippen molar-refractivity contribution >= 4 is 21.6 Å². The zero-order chi connectivity index (χ0) is 12.3. The summed E-state index contributed by atoms with van der Waals surface area (Å²) >= 11 is 1.74. The topological polar surface area (TPSA) is 37.8 Å². The van der Waals surface area contributed by atoms with Crippen molar-refractivity contribution in [2.75, 3.05) is 6.54 Å². The number of hydrogen-bond donors (Lipinski definition) is 1. The van der Waals surface area contributed by atoms with Crippen molar-refractivity contribution in [3.05, 3.63) is 23.0 Å². The van der Waals surface area contributed by atoms with Crippen LogP contribution in [-0.2, 0) is 6.42 Å². The van der Waals surface area contributed by atoms with E-state index in [9.17, 15) is 0 Å². The number of thiophene rings is 1. The van der Waals surface area contributed by atoms with Crippen LogP contribution in [0.1, 0.15) is 30.8 Å². The Morgan fingerprint density at radius 2 is 2.24 bits per heavy atom. The summed E-state index contributed by atoms with van der Waals surface area (Å²) in [5, 5.41) is 4.72. The highest BCUT2D eigenvalue weighted by Gasteiger charge is 2.10. The molecule has 3 nitrogen and oxygen atoms in total. The molecule has 4 heteroatoms. The fourth-order valence-corrected chi connectivity index (χ4v) is 2.81. The molecule has 0 aromatic carbocycles. The molecule has 17 heavy (non-hydrogen) atoms. The van der Waals surface area contributed by atoms with Crippen LogP contribution in [0.25, 0.3) is 10.2 Å². The van der Waals surface area contributed by atoms with E-state index < -0.39 is 0 Å². The summed E-state index contributed by atoms with van der Waals surface area (Å²) in [4.78, 5) is 11.2. The molecule has 2 heterocycles. The standard InChI is InChI=1S/C13H19N3S/c1-4-5-14-9(2)6-12-11-7-10(3)17-13(11)16-8-15-12/h7-9,14H,4-6H2,1-3H3. The monoisotopic (exact) mass is 249 g/mol. The van der Waals surface area contributed by atoms with Crippen molar-refractivity contribution < 1.29 is 0 Å². The smallest absolute Gasteiger partial charge is 0.127 e. The van der Waals surface area contributed by atoms with E-state index in [1.54, 1.807) is 17.7 Å². The fraction of sp³-hybridized carbons (Fsp3) is 0.538. The van der Waals surface area contributed by atoms with Crippen LogP contribution in [0.2, 0.25) is 0 Å². The lowest BCUT2D eigenvalue weighted by molar-refractivity contribution is 0.540. The third-order valence-electron chi connectivity index (χ3n) is 2.78. The summed E-state index contributed by atoms with van der Waals surface area (Å²) in [6.45, 7) is 7.58. The molecule has 0 radical (unpaired) electrons. The summed E-state index contributed by atoms with van der Waals surface area (Å²) in [6.07, 6.45) is 3.82. The first kappa shape index (κ1) is 12.5. The van der Waals surface area contributed by atoms with Crippen molar-refractivity contribution in [3.63, 3.8) is 0 Å². The van der Waals surface area contributed by atoms with Gasteiger partial charge in [0.2, 0.25) is 0 Å². The Morgan fingerprint density at radius 3 is 3.00 bits per heavy atom. The summed E-state index contributed by atoms with van der Waals surface area (Å²) in [6, 6.07) is 2.66. The Bertz CT molecular complexity index is 492. The van der Waals surface area contributed by atoms with Crippen LogP contribution in [0.3, 0.4) is 0 Å². The van der Waals surface area contributed by atoms with Crippen LogP contribution in [-0.4, -0.2) is 22.6 Å². The van der Waals surface area contributed by atoms with Gasteiger partial charge >= 0.3 is 0 Å². The Kier molecular flexibility index (Phi) is 4.07. The van der Waals surface area contributed by atoms with Crippen molar-refractivity contribution in [2.45, 2.75) is 39.7 Å². The molecular formula is C13H19N3S. The number of hydrogen-bond acceptors (Lipinski definition) is 4. The predicted molar refractivity (Wildman–Crippen MR) is 73.6 cm³/mol. The minimum absolute atomic E-state index is 0.466. The number of nitrogens with zero attached hydrogens (tertiary/aromatic N) is 2. The SMILES string of the molecule is CCCNC(C)Cc1ncnc2sc(C)cc12. The maximum atomic E-state index is 4.42. The van der Waals surface area contributed by atoms with Crippen LogP contribution in [0.5, 0.6) is 0 Å². The van der Waals surface area contributed by atoms with Crippen LogP contribution >= 0.6 is 11.3 Å². The van der Waals surface area contributed by atoms with E-state index >= 15 is 0 Å². The zero-order valence-electron chi connectivity index (χ0n) is 10.7. The summed E-state index contributed by atoms with van der Waals surface area (Å²) in [5.74, 6) is 0. The van der Waals surface area contributed by atoms with Crippen molar-refractivity contribution in [1.82, 2.24) is 15.3 Å². The Labute approximate surface area is 106 Å². The maximum absolute atomic E-state index is 4.42. The van der Waals surface area contributed by atoms with E-state index in [-0.39, 0.29) is 0 Å². The predicted octanol–water partition coefficient (Wildman–Crippen LogP) is 2.93. The molecule has 1 N–H and O–H groups in total. The average molecular weight is 249 g/mol. The van der Waals surface area contributed by atoms with Crippen LogP contribution in [0, 0.1) is 6.92 Å². The lowest BCUT2D eigenvalue weighted by Gasteiger charge is -2.12. The van der Waals surface area contributed by atoms with Gasteiger partial charge in [0.15, 0.2) is 0 Å². The van der Waals surface area contributed by atoms with Crippen LogP contribution < -0.4 is 5.32 Å². The van der Waals surface area contributed by atoms with Gasteiger partial charge in [-0.2, -0.15) is 0 Å². The number of aryl methyl sites for hydroxylation is 1. The lowest BCUT2D eigenvalue weighted by Crippen LogP contribution is -2.29. The van der Waals surface area contributed by atoms with E-state index in [0.29, 0.717) is 6.04 Å². The quantitative estimate of drug-likeness (QED) is 0.885. The number of nitrogens with one attached hydrogen (secondary N) is 1. The molecule has 2 rings (SSSR count). The highest BCUT2D eigenvalue weighted by molar-refractivity contribution is 7.18. The van der Waals surface area contributed by atoms with Gasteiger partial charge in [0.25, 0.3) is 0 Å². The third kappa shape index (κ3) is 3.01. The van der Waals surface area contributed by atoms with E-state index in [1.807, 2.05) is 0 Å². The Hall–Kier alpha value is -1.00. The highest BCUT2D eigenvalue weighted by atomic mass is 32.1. The molecule has 0 aliphatic rings. The second kappa shape index (κ2) is 5.56. The molecule has 0 aliphatic heterocycles. The number of rotatable bonds is 5. The Balaban J connectivity index is 2.17.